The number of rotatable bonds is 3. The van der Waals surface area contributed by atoms with Crippen molar-refractivity contribution in [3.63, 3.8) is 0 Å². The third kappa shape index (κ3) is 3.91. The van der Waals surface area contributed by atoms with Crippen LogP contribution < -0.4 is 20.9 Å². The number of fused-ring (bicyclic) bond motifs is 1. The first-order chi connectivity index (χ1) is 12.1. The normalized spacial score (nSPS) is 15.0. The number of amides is 1. The zero-order chi connectivity index (χ0) is 17.8. The summed E-state index contributed by atoms with van der Waals surface area (Å²) in [5.74, 6) is 0.511. The molecule has 25 heavy (non-hydrogen) atoms. The van der Waals surface area contributed by atoms with Crippen LogP contribution in [0, 0.1) is 6.92 Å². The van der Waals surface area contributed by atoms with Crippen molar-refractivity contribution in [1.29, 1.82) is 0 Å². The average Bonchev–Trinajstić information content (AvgIpc) is 3.05. The van der Waals surface area contributed by atoms with E-state index in [1.54, 1.807) is 0 Å². The van der Waals surface area contributed by atoms with E-state index < -0.39 is 6.10 Å². The molecule has 0 fully saturated rings. The minimum absolute atomic E-state index is 0.249. The van der Waals surface area contributed by atoms with Crippen molar-refractivity contribution in [2.45, 2.75) is 32.8 Å². The molecule has 0 spiro atoms. The van der Waals surface area contributed by atoms with Gasteiger partial charge in [0.25, 0.3) is 5.91 Å². The van der Waals surface area contributed by atoms with Gasteiger partial charge in [0.1, 0.15) is 5.75 Å². The molecule has 0 radical (unpaired) electrons. The van der Waals surface area contributed by atoms with Gasteiger partial charge < -0.3 is 10.1 Å². The molecule has 0 saturated carbocycles. The van der Waals surface area contributed by atoms with E-state index >= 15 is 0 Å². The maximum absolute atomic E-state index is 12.3. The van der Waals surface area contributed by atoms with E-state index in [9.17, 15) is 4.79 Å². The molecule has 0 aromatic heterocycles. The number of nitrogens with one attached hydrogen (secondary N) is 3. The van der Waals surface area contributed by atoms with E-state index in [1.165, 1.54) is 5.56 Å². The zero-order valence-corrected chi connectivity index (χ0v) is 15.1. The van der Waals surface area contributed by atoms with Gasteiger partial charge in [-0.05, 0) is 48.3 Å². The minimum Gasteiger partial charge on any atom is -0.480 e. The number of aryl methyl sites for hydroxylation is 2. The van der Waals surface area contributed by atoms with Crippen molar-refractivity contribution in [3.05, 3.63) is 59.2 Å². The summed E-state index contributed by atoms with van der Waals surface area (Å²) in [4.78, 5) is 12.3. The van der Waals surface area contributed by atoms with Crippen LogP contribution in [0.2, 0.25) is 0 Å². The molecule has 1 amide bonds. The Labute approximate surface area is 152 Å². The van der Waals surface area contributed by atoms with Gasteiger partial charge in [0.15, 0.2) is 11.2 Å². The largest absolute Gasteiger partial charge is 0.480 e. The average molecular weight is 355 g/mol. The number of ether oxygens (including phenoxy) is 1. The fourth-order valence-electron chi connectivity index (χ4n) is 2.87. The van der Waals surface area contributed by atoms with Gasteiger partial charge in [-0.2, -0.15) is 0 Å². The summed E-state index contributed by atoms with van der Waals surface area (Å²) in [6.45, 7) is 4.11. The van der Waals surface area contributed by atoms with Crippen molar-refractivity contribution >= 4 is 28.9 Å². The number of carbonyl (C=O) groups is 1. The minimum atomic E-state index is -0.544. The molecule has 2 aromatic carbocycles. The van der Waals surface area contributed by atoms with E-state index in [1.807, 2.05) is 43.3 Å². The van der Waals surface area contributed by atoms with Crippen LogP contribution in [-0.2, 0) is 17.6 Å². The molecule has 1 heterocycles. The Morgan fingerprint density at radius 1 is 1.20 bits per heavy atom. The van der Waals surface area contributed by atoms with E-state index in [-0.39, 0.29) is 5.91 Å². The number of hydrogen-bond donors (Lipinski definition) is 3. The van der Waals surface area contributed by atoms with Gasteiger partial charge in [-0.3, -0.25) is 15.6 Å². The third-order valence-corrected chi connectivity index (χ3v) is 4.42. The van der Waals surface area contributed by atoms with Crippen LogP contribution in [0.15, 0.2) is 42.5 Å². The van der Waals surface area contributed by atoms with Crippen LogP contribution in [0.25, 0.3) is 0 Å². The monoisotopic (exact) mass is 355 g/mol. The molecular formula is C19H21N3O2S. The van der Waals surface area contributed by atoms with Crippen molar-refractivity contribution in [1.82, 2.24) is 10.9 Å². The van der Waals surface area contributed by atoms with E-state index in [2.05, 4.69) is 29.2 Å². The molecule has 0 bridgehead atoms. The van der Waals surface area contributed by atoms with Gasteiger partial charge in [-0.15, -0.1) is 0 Å². The lowest BCUT2D eigenvalue weighted by atomic mass is 10.1. The Kier molecular flexibility index (Phi) is 5.19. The molecule has 5 nitrogen and oxygen atoms in total. The first-order valence-electron chi connectivity index (χ1n) is 8.28. The molecule has 0 saturated heterocycles. The molecule has 0 aliphatic carbocycles. The van der Waals surface area contributed by atoms with Gasteiger partial charge in [-0.1, -0.05) is 43.3 Å². The lowest BCUT2D eigenvalue weighted by molar-refractivity contribution is -0.127. The summed E-state index contributed by atoms with van der Waals surface area (Å²) in [5, 5.41) is 3.50. The highest BCUT2D eigenvalue weighted by Crippen LogP contribution is 2.28. The van der Waals surface area contributed by atoms with Crippen LogP contribution in [0.3, 0.4) is 0 Å². The van der Waals surface area contributed by atoms with E-state index in [4.69, 9.17) is 17.0 Å². The molecule has 3 N–H and O–H groups in total. The topological polar surface area (TPSA) is 62.4 Å². The number of benzene rings is 2. The zero-order valence-electron chi connectivity index (χ0n) is 14.3. The second-order valence-electron chi connectivity index (χ2n) is 5.95. The quantitative estimate of drug-likeness (QED) is 0.584. The third-order valence-electron chi connectivity index (χ3n) is 4.22. The number of carbonyl (C=O) groups excluding carboxylic acids is 1. The highest BCUT2D eigenvalue weighted by atomic mass is 32.1. The van der Waals surface area contributed by atoms with Crippen LogP contribution >= 0.6 is 12.2 Å². The number of anilines is 1. The lowest BCUT2D eigenvalue weighted by Gasteiger charge is -2.17. The molecule has 2 aromatic rings. The lowest BCUT2D eigenvalue weighted by Crippen LogP contribution is -2.49. The second kappa shape index (κ2) is 7.53. The van der Waals surface area contributed by atoms with Gasteiger partial charge >= 0.3 is 0 Å². The van der Waals surface area contributed by atoms with Crippen molar-refractivity contribution < 1.29 is 9.53 Å². The summed E-state index contributed by atoms with van der Waals surface area (Å²) in [5.41, 5.74) is 9.66. The van der Waals surface area contributed by atoms with Gasteiger partial charge in [-0.25, -0.2) is 0 Å². The molecule has 130 valence electrons. The molecular weight excluding hydrogens is 334 g/mol. The summed E-state index contributed by atoms with van der Waals surface area (Å²) in [6, 6.07) is 13.8. The van der Waals surface area contributed by atoms with Crippen molar-refractivity contribution in [3.8, 4) is 5.75 Å². The van der Waals surface area contributed by atoms with Gasteiger partial charge in [0, 0.05) is 12.1 Å². The van der Waals surface area contributed by atoms with Crippen LogP contribution in [0.1, 0.15) is 23.6 Å². The van der Waals surface area contributed by atoms with Crippen LogP contribution in [-0.4, -0.2) is 17.1 Å². The molecule has 6 heteroatoms. The molecule has 1 aliphatic heterocycles. The number of para-hydroxylation sites is 2. The molecule has 1 aliphatic rings. The Balaban J connectivity index is 1.54. The fourth-order valence-corrected chi connectivity index (χ4v) is 3.03. The Morgan fingerprint density at radius 2 is 2.00 bits per heavy atom. The molecule has 0 unspecified atom stereocenters. The smallest absolute Gasteiger partial charge is 0.279 e. The van der Waals surface area contributed by atoms with Gasteiger partial charge in [0.2, 0.25) is 0 Å². The second-order valence-corrected chi connectivity index (χ2v) is 6.36. The Hall–Kier alpha value is -2.60. The van der Waals surface area contributed by atoms with Crippen LogP contribution in [0.5, 0.6) is 5.75 Å². The number of thiocarbonyl (C=S) groups is 1. The SMILES string of the molecule is CCc1cccc(C)c1NC(=S)NNC(=O)[C@H]1Cc2ccccc2O1. The van der Waals surface area contributed by atoms with Crippen LogP contribution in [0.4, 0.5) is 5.69 Å². The van der Waals surface area contributed by atoms with E-state index in [0.717, 1.165) is 29.0 Å². The van der Waals surface area contributed by atoms with Crippen molar-refractivity contribution in [2.24, 2.45) is 0 Å². The maximum Gasteiger partial charge on any atom is 0.279 e. The first kappa shape index (κ1) is 17.2. The highest BCUT2D eigenvalue weighted by Gasteiger charge is 2.28. The summed E-state index contributed by atoms with van der Waals surface area (Å²) in [6.07, 6.45) is 0.909. The fraction of sp³-hybridized carbons (Fsp3) is 0.263. The summed E-state index contributed by atoms with van der Waals surface area (Å²) >= 11 is 5.29. The van der Waals surface area contributed by atoms with E-state index in [0.29, 0.717) is 11.5 Å². The Morgan fingerprint density at radius 3 is 2.76 bits per heavy atom. The number of hydrazine groups is 1. The maximum atomic E-state index is 12.3. The van der Waals surface area contributed by atoms with Crippen molar-refractivity contribution in [2.75, 3.05) is 5.32 Å². The highest BCUT2D eigenvalue weighted by molar-refractivity contribution is 7.80. The summed E-state index contributed by atoms with van der Waals surface area (Å²) in [7, 11) is 0. The molecule has 1 atom stereocenters. The first-order valence-corrected chi connectivity index (χ1v) is 8.69. The Bertz CT molecular complexity index is 782. The summed E-state index contributed by atoms with van der Waals surface area (Å²) < 4.78 is 5.66. The van der Waals surface area contributed by atoms with Gasteiger partial charge in [0.05, 0.1) is 0 Å². The predicted molar refractivity (Wildman–Crippen MR) is 103 cm³/mol. The predicted octanol–water partition coefficient (Wildman–Crippen LogP) is 2.88. The number of hydrogen-bond acceptors (Lipinski definition) is 3. The standard InChI is InChI=1S/C19H21N3O2S/c1-3-13-9-6-7-12(2)17(13)20-19(25)22-21-18(23)16-11-14-8-4-5-10-15(14)24-16/h4-10,16H,3,11H2,1-2H3,(H,21,23)(H2,20,22,25)/t16-/m1/s1. The molecule has 3 rings (SSSR count).